The highest BCUT2D eigenvalue weighted by Crippen LogP contribution is 2.25. The molecule has 3 rings (SSSR count). The molecule has 136 valence electrons. The number of carbonyl (C=O) groups is 1. The van der Waals surface area contributed by atoms with Gasteiger partial charge in [-0.2, -0.15) is 0 Å². The van der Waals surface area contributed by atoms with Crippen molar-refractivity contribution in [2.24, 2.45) is 0 Å². The van der Waals surface area contributed by atoms with Crippen LogP contribution in [0.4, 0.5) is 5.69 Å². The van der Waals surface area contributed by atoms with Gasteiger partial charge in [-0.3, -0.25) is 4.79 Å². The van der Waals surface area contributed by atoms with E-state index in [1.165, 1.54) is 0 Å². The monoisotopic (exact) mass is 370 g/mol. The van der Waals surface area contributed by atoms with E-state index in [4.69, 9.17) is 9.47 Å². The van der Waals surface area contributed by atoms with Crippen LogP contribution in [0.1, 0.15) is 23.9 Å². The van der Waals surface area contributed by atoms with Gasteiger partial charge in [0.15, 0.2) is 0 Å². The van der Waals surface area contributed by atoms with Gasteiger partial charge >= 0.3 is 0 Å². The third kappa shape index (κ3) is 4.80. The maximum atomic E-state index is 11.9. The van der Waals surface area contributed by atoms with Gasteiger partial charge in [0.1, 0.15) is 17.4 Å². The Bertz CT molecular complexity index is 859. The Morgan fingerprint density at radius 2 is 2.08 bits per heavy atom. The first-order valence-electron chi connectivity index (χ1n) is 8.61. The second kappa shape index (κ2) is 8.78. The topological polar surface area (TPSA) is 60.5 Å². The normalized spacial score (nSPS) is 10.8. The summed E-state index contributed by atoms with van der Waals surface area (Å²) in [6.07, 6.45) is 0.350. The number of hydrogen-bond donors (Lipinski definition) is 1. The van der Waals surface area contributed by atoms with Crippen LogP contribution in [0, 0.1) is 6.92 Å². The van der Waals surface area contributed by atoms with Gasteiger partial charge < -0.3 is 14.8 Å². The number of amides is 1. The molecule has 0 bridgehead atoms. The number of rotatable bonds is 8. The minimum absolute atomic E-state index is 0.0512. The third-order valence-electron chi connectivity index (χ3n) is 3.85. The molecule has 1 aromatic heterocycles. The molecule has 1 heterocycles. The number of nitrogens with zero attached hydrogens (tertiary/aromatic N) is 1. The summed E-state index contributed by atoms with van der Waals surface area (Å²) >= 11 is 1.64. The third-order valence-corrected chi connectivity index (χ3v) is 4.86. The molecule has 0 radical (unpaired) electrons. The highest BCUT2D eigenvalue weighted by Gasteiger charge is 2.08. The van der Waals surface area contributed by atoms with E-state index >= 15 is 0 Å². The van der Waals surface area contributed by atoms with Crippen LogP contribution >= 0.6 is 11.3 Å². The van der Waals surface area contributed by atoms with Crippen LogP contribution in [0.15, 0.2) is 42.5 Å². The van der Waals surface area contributed by atoms with Gasteiger partial charge in [0, 0.05) is 12.3 Å². The lowest BCUT2D eigenvalue weighted by molar-refractivity contribution is -0.117. The molecular weight excluding hydrogens is 348 g/mol. The molecule has 5 nitrogen and oxygen atoms in total. The summed E-state index contributed by atoms with van der Waals surface area (Å²) in [4.78, 5) is 16.5. The van der Waals surface area contributed by atoms with Crippen LogP contribution in [-0.2, 0) is 16.1 Å². The van der Waals surface area contributed by atoms with E-state index in [0.717, 1.165) is 32.2 Å². The maximum absolute atomic E-state index is 11.9. The van der Waals surface area contributed by atoms with Gasteiger partial charge in [0.25, 0.3) is 0 Å². The van der Waals surface area contributed by atoms with Crippen molar-refractivity contribution in [3.8, 4) is 5.75 Å². The molecule has 0 saturated heterocycles. The predicted molar refractivity (Wildman–Crippen MR) is 105 cm³/mol. The molecule has 0 unspecified atom stereocenters. The van der Waals surface area contributed by atoms with Gasteiger partial charge in [-0.05, 0) is 49.7 Å². The highest BCUT2D eigenvalue weighted by atomic mass is 32.1. The Balaban J connectivity index is 1.57. The molecule has 0 aliphatic carbocycles. The quantitative estimate of drug-likeness (QED) is 0.591. The lowest BCUT2D eigenvalue weighted by Crippen LogP contribution is -2.14. The van der Waals surface area contributed by atoms with Crippen LogP contribution in [0.3, 0.4) is 0 Å². The molecule has 0 aliphatic heterocycles. The Morgan fingerprint density at radius 3 is 2.85 bits per heavy atom. The molecule has 0 fully saturated rings. The fraction of sp³-hybridized carbons (Fsp3) is 0.300. The van der Waals surface area contributed by atoms with Crippen molar-refractivity contribution in [2.45, 2.75) is 26.9 Å². The van der Waals surface area contributed by atoms with E-state index < -0.39 is 0 Å². The standard InChI is InChI=1S/C20H22N2O3S/c1-3-24-11-10-19(23)21-16-9-8-15(12-14(16)2)25-13-20-22-17-6-4-5-7-18(17)26-20/h4-9,12H,3,10-11,13H2,1-2H3,(H,21,23). The molecule has 6 heteroatoms. The van der Waals surface area contributed by atoms with Crippen molar-refractivity contribution in [2.75, 3.05) is 18.5 Å². The molecule has 3 aromatic rings. The van der Waals surface area contributed by atoms with Crippen LogP contribution in [0.5, 0.6) is 5.75 Å². The number of para-hydroxylation sites is 1. The first kappa shape index (κ1) is 18.4. The van der Waals surface area contributed by atoms with Gasteiger partial charge in [-0.1, -0.05) is 12.1 Å². The van der Waals surface area contributed by atoms with Crippen molar-refractivity contribution in [3.63, 3.8) is 0 Å². The fourth-order valence-electron chi connectivity index (χ4n) is 2.51. The first-order valence-corrected chi connectivity index (χ1v) is 9.43. The molecule has 0 spiro atoms. The Labute approximate surface area is 157 Å². The Morgan fingerprint density at radius 1 is 1.23 bits per heavy atom. The van der Waals surface area contributed by atoms with E-state index in [2.05, 4.69) is 16.4 Å². The van der Waals surface area contributed by atoms with E-state index in [1.54, 1.807) is 11.3 Å². The number of carbonyl (C=O) groups excluding carboxylic acids is 1. The van der Waals surface area contributed by atoms with Gasteiger partial charge in [0.05, 0.1) is 23.2 Å². The first-order chi connectivity index (χ1) is 12.7. The van der Waals surface area contributed by atoms with E-state index in [-0.39, 0.29) is 5.91 Å². The number of thiazole rings is 1. The number of anilines is 1. The molecule has 1 amide bonds. The molecule has 26 heavy (non-hydrogen) atoms. The molecule has 0 aliphatic rings. The van der Waals surface area contributed by atoms with Crippen molar-refractivity contribution in [1.29, 1.82) is 0 Å². The number of benzene rings is 2. The van der Waals surface area contributed by atoms with Crippen LogP contribution in [-0.4, -0.2) is 24.1 Å². The number of ether oxygens (including phenoxy) is 2. The van der Waals surface area contributed by atoms with Crippen molar-refractivity contribution in [1.82, 2.24) is 4.98 Å². The minimum Gasteiger partial charge on any atom is -0.486 e. The Hall–Kier alpha value is -2.44. The van der Waals surface area contributed by atoms with Gasteiger partial charge in [-0.25, -0.2) is 4.98 Å². The summed E-state index contributed by atoms with van der Waals surface area (Å²) in [6, 6.07) is 13.7. The zero-order chi connectivity index (χ0) is 18.4. The molecule has 0 saturated carbocycles. The van der Waals surface area contributed by atoms with Crippen LogP contribution in [0.25, 0.3) is 10.2 Å². The van der Waals surface area contributed by atoms with Crippen molar-refractivity contribution >= 4 is 33.1 Å². The SMILES string of the molecule is CCOCCC(=O)Nc1ccc(OCc2nc3ccccc3s2)cc1C. The van der Waals surface area contributed by atoms with Crippen LogP contribution < -0.4 is 10.1 Å². The predicted octanol–water partition coefficient (Wildman–Crippen LogP) is 4.55. The fourth-order valence-corrected chi connectivity index (χ4v) is 3.40. The zero-order valence-electron chi connectivity index (χ0n) is 15.0. The number of nitrogens with one attached hydrogen (secondary N) is 1. The Kier molecular flexibility index (Phi) is 6.20. The lowest BCUT2D eigenvalue weighted by atomic mass is 10.2. The average Bonchev–Trinajstić information content (AvgIpc) is 3.05. The number of aromatic nitrogens is 1. The summed E-state index contributed by atoms with van der Waals surface area (Å²) < 4.78 is 12.2. The summed E-state index contributed by atoms with van der Waals surface area (Å²) in [6.45, 7) is 5.34. The second-order valence-electron chi connectivity index (χ2n) is 5.84. The van der Waals surface area contributed by atoms with Crippen molar-refractivity contribution < 1.29 is 14.3 Å². The number of aryl methyl sites for hydroxylation is 1. The molecule has 0 atom stereocenters. The average molecular weight is 370 g/mol. The molecule has 2 aromatic carbocycles. The maximum Gasteiger partial charge on any atom is 0.226 e. The second-order valence-corrected chi connectivity index (χ2v) is 6.95. The van der Waals surface area contributed by atoms with Gasteiger partial charge in [0.2, 0.25) is 5.91 Å². The summed E-state index contributed by atoms with van der Waals surface area (Å²) in [5, 5.41) is 3.84. The van der Waals surface area contributed by atoms with Crippen molar-refractivity contribution in [3.05, 3.63) is 53.0 Å². The van der Waals surface area contributed by atoms with E-state index in [9.17, 15) is 4.79 Å². The van der Waals surface area contributed by atoms with E-state index in [0.29, 0.717) is 26.2 Å². The molecular formula is C20H22N2O3S. The summed E-state index contributed by atoms with van der Waals surface area (Å²) in [5.41, 5.74) is 2.74. The smallest absolute Gasteiger partial charge is 0.226 e. The minimum atomic E-state index is -0.0512. The lowest BCUT2D eigenvalue weighted by Gasteiger charge is -2.11. The number of hydrogen-bond acceptors (Lipinski definition) is 5. The summed E-state index contributed by atoms with van der Waals surface area (Å²) in [5.74, 6) is 0.707. The largest absolute Gasteiger partial charge is 0.486 e. The highest BCUT2D eigenvalue weighted by molar-refractivity contribution is 7.18. The molecule has 1 N–H and O–H groups in total. The van der Waals surface area contributed by atoms with Gasteiger partial charge in [-0.15, -0.1) is 11.3 Å². The van der Waals surface area contributed by atoms with E-state index in [1.807, 2.05) is 50.2 Å². The number of fused-ring (bicyclic) bond motifs is 1. The zero-order valence-corrected chi connectivity index (χ0v) is 15.8. The summed E-state index contributed by atoms with van der Waals surface area (Å²) in [7, 11) is 0. The van der Waals surface area contributed by atoms with Crippen LogP contribution in [0.2, 0.25) is 0 Å².